The summed E-state index contributed by atoms with van der Waals surface area (Å²) in [5, 5.41) is 0. The second kappa shape index (κ2) is 17.3. The topological polar surface area (TPSA) is 61.8 Å². The molecule has 0 atom stereocenters. The third-order valence-corrected chi connectivity index (χ3v) is 3.42. The van der Waals surface area contributed by atoms with Crippen molar-refractivity contribution in [2.24, 2.45) is 0 Å². The Hall–Kier alpha value is -1.10. The summed E-state index contributed by atoms with van der Waals surface area (Å²) in [6.45, 7) is 5.33. The molecule has 0 aliphatic heterocycles. The molecule has 0 aromatic heterocycles. The van der Waals surface area contributed by atoms with Crippen molar-refractivity contribution in [2.75, 3.05) is 26.4 Å². The van der Waals surface area contributed by atoms with Crippen LogP contribution in [0.25, 0.3) is 0 Å². The molecule has 0 aliphatic carbocycles. The van der Waals surface area contributed by atoms with Crippen LogP contribution in [0.3, 0.4) is 0 Å². The number of esters is 2. The van der Waals surface area contributed by atoms with Crippen molar-refractivity contribution in [1.29, 1.82) is 0 Å². The Labute approximate surface area is 141 Å². The molecule has 0 aromatic rings. The molecule has 0 aliphatic rings. The highest BCUT2D eigenvalue weighted by atomic mass is 16.6. The Morgan fingerprint density at radius 3 is 1.70 bits per heavy atom. The molecule has 0 saturated carbocycles. The summed E-state index contributed by atoms with van der Waals surface area (Å²) in [6, 6.07) is 0. The largest absolute Gasteiger partial charge is 0.463 e. The van der Waals surface area contributed by atoms with Crippen LogP contribution in [0.4, 0.5) is 0 Å². The average Bonchev–Trinajstić information content (AvgIpc) is 2.53. The number of unbranched alkanes of at least 4 members (excludes halogenated alkanes) is 6. The zero-order valence-electron chi connectivity index (χ0n) is 14.9. The van der Waals surface area contributed by atoms with E-state index in [-0.39, 0.29) is 25.2 Å². The van der Waals surface area contributed by atoms with Gasteiger partial charge in [0.05, 0.1) is 13.2 Å². The molecule has 0 aromatic carbocycles. The van der Waals surface area contributed by atoms with Crippen molar-refractivity contribution in [3.8, 4) is 0 Å². The Balaban J connectivity index is 3.23. The first-order chi connectivity index (χ1) is 11.2. The number of hydrogen-bond acceptors (Lipinski definition) is 5. The summed E-state index contributed by atoms with van der Waals surface area (Å²) in [7, 11) is 0. The van der Waals surface area contributed by atoms with Crippen LogP contribution in [-0.2, 0) is 23.8 Å². The molecule has 0 radical (unpaired) electrons. The molecule has 0 spiro atoms. The Bertz CT molecular complexity index is 291. The maximum atomic E-state index is 11.5. The summed E-state index contributed by atoms with van der Waals surface area (Å²) >= 11 is 0. The van der Waals surface area contributed by atoms with Crippen LogP contribution in [-0.4, -0.2) is 38.4 Å². The Morgan fingerprint density at radius 2 is 1.13 bits per heavy atom. The van der Waals surface area contributed by atoms with Crippen molar-refractivity contribution in [3.05, 3.63) is 0 Å². The maximum absolute atomic E-state index is 11.5. The molecule has 23 heavy (non-hydrogen) atoms. The fourth-order valence-corrected chi connectivity index (χ4v) is 2.11. The number of ether oxygens (including phenoxy) is 3. The fourth-order valence-electron chi connectivity index (χ4n) is 2.11. The predicted molar refractivity (Wildman–Crippen MR) is 90.3 cm³/mol. The fraction of sp³-hybridized carbons (Fsp3) is 0.889. The lowest BCUT2D eigenvalue weighted by atomic mass is 10.1. The first-order valence-corrected chi connectivity index (χ1v) is 9.09. The molecule has 0 saturated heterocycles. The van der Waals surface area contributed by atoms with Gasteiger partial charge in [-0.25, -0.2) is 0 Å². The van der Waals surface area contributed by atoms with E-state index in [4.69, 9.17) is 14.2 Å². The quantitative estimate of drug-likeness (QED) is 0.316. The van der Waals surface area contributed by atoms with Gasteiger partial charge < -0.3 is 14.2 Å². The van der Waals surface area contributed by atoms with Gasteiger partial charge in [-0.1, -0.05) is 52.4 Å². The van der Waals surface area contributed by atoms with E-state index in [9.17, 15) is 9.59 Å². The number of hydrogen-bond donors (Lipinski definition) is 0. The van der Waals surface area contributed by atoms with Crippen LogP contribution in [0.1, 0.15) is 78.1 Å². The van der Waals surface area contributed by atoms with E-state index in [0.717, 1.165) is 19.3 Å². The molecule has 136 valence electrons. The van der Waals surface area contributed by atoms with Crippen LogP contribution in [0.15, 0.2) is 0 Å². The molecule has 0 amide bonds. The lowest BCUT2D eigenvalue weighted by Gasteiger charge is -2.07. The lowest BCUT2D eigenvalue weighted by Crippen LogP contribution is -2.14. The Kier molecular flexibility index (Phi) is 16.4. The maximum Gasteiger partial charge on any atom is 0.305 e. The van der Waals surface area contributed by atoms with Gasteiger partial charge in [-0.3, -0.25) is 9.59 Å². The van der Waals surface area contributed by atoms with Crippen molar-refractivity contribution in [1.82, 2.24) is 0 Å². The van der Waals surface area contributed by atoms with Gasteiger partial charge in [0.25, 0.3) is 0 Å². The van der Waals surface area contributed by atoms with E-state index in [2.05, 4.69) is 6.92 Å². The monoisotopic (exact) mass is 330 g/mol. The third-order valence-electron chi connectivity index (χ3n) is 3.42. The summed E-state index contributed by atoms with van der Waals surface area (Å²) < 4.78 is 15.3. The summed E-state index contributed by atoms with van der Waals surface area (Å²) in [6.07, 6.45) is 10.0. The van der Waals surface area contributed by atoms with Crippen LogP contribution < -0.4 is 0 Å². The van der Waals surface area contributed by atoms with E-state index < -0.39 is 0 Å². The Morgan fingerprint density at radius 1 is 0.609 bits per heavy atom. The van der Waals surface area contributed by atoms with Gasteiger partial charge in [-0.05, 0) is 12.8 Å². The van der Waals surface area contributed by atoms with Gasteiger partial charge in [0.2, 0.25) is 0 Å². The minimum Gasteiger partial charge on any atom is -0.463 e. The summed E-state index contributed by atoms with van der Waals surface area (Å²) in [5.41, 5.74) is 0. The first-order valence-electron chi connectivity index (χ1n) is 9.09. The van der Waals surface area contributed by atoms with Crippen molar-refractivity contribution in [2.45, 2.75) is 78.1 Å². The average molecular weight is 330 g/mol. The highest BCUT2D eigenvalue weighted by Gasteiger charge is 2.03. The smallest absolute Gasteiger partial charge is 0.305 e. The molecular formula is C18H34O5. The van der Waals surface area contributed by atoms with Gasteiger partial charge in [-0.2, -0.15) is 0 Å². The molecule has 0 heterocycles. The normalized spacial score (nSPS) is 10.5. The van der Waals surface area contributed by atoms with E-state index in [1.807, 2.05) is 6.92 Å². The van der Waals surface area contributed by atoms with Gasteiger partial charge in [0, 0.05) is 12.8 Å². The summed E-state index contributed by atoms with van der Waals surface area (Å²) in [4.78, 5) is 22.6. The molecule has 5 heteroatoms. The second-order valence-corrected chi connectivity index (χ2v) is 5.67. The van der Waals surface area contributed by atoms with Crippen LogP contribution in [0.2, 0.25) is 0 Å². The van der Waals surface area contributed by atoms with Crippen molar-refractivity contribution >= 4 is 11.9 Å². The van der Waals surface area contributed by atoms with E-state index >= 15 is 0 Å². The zero-order valence-corrected chi connectivity index (χ0v) is 14.9. The van der Waals surface area contributed by atoms with Gasteiger partial charge >= 0.3 is 11.9 Å². The van der Waals surface area contributed by atoms with E-state index in [1.165, 1.54) is 32.1 Å². The standard InChI is InChI=1S/C18H34O5/c1-3-5-6-7-8-9-10-12-18(20)23-16-14-21-13-15-22-17(19)11-4-2/h3-16H2,1-2H3. The molecule has 0 unspecified atom stereocenters. The van der Waals surface area contributed by atoms with E-state index in [1.54, 1.807) is 0 Å². The van der Waals surface area contributed by atoms with Crippen LogP contribution >= 0.6 is 0 Å². The molecule has 0 N–H and O–H groups in total. The summed E-state index contributed by atoms with van der Waals surface area (Å²) in [5.74, 6) is -0.353. The molecule has 0 bridgehead atoms. The van der Waals surface area contributed by atoms with Crippen molar-refractivity contribution in [3.63, 3.8) is 0 Å². The highest BCUT2D eigenvalue weighted by molar-refractivity contribution is 5.69. The first kappa shape index (κ1) is 21.9. The van der Waals surface area contributed by atoms with Crippen LogP contribution in [0, 0.1) is 0 Å². The minimum absolute atomic E-state index is 0.156. The molecule has 5 nitrogen and oxygen atoms in total. The van der Waals surface area contributed by atoms with E-state index in [0.29, 0.717) is 26.1 Å². The van der Waals surface area contributed by atoms with Crippen molar-refractivity contribution < 1.29 is 23.8 Å². The number of carbonyl (C=O) groups is 2. The molecule has 0 fully saturated rings. The third kappa shape index (κ3) is 17.1. The second-order valence-electron chi connectivity index (χ2n) is 5.67. The zero-order chi connectivity index (χ0) is 17.2. The van der Waals surface area contributed by atoms with Crippen LogP contribution in [0.5, 0.6) is 0 Å². The SMILES string of the molecule is CCCCCCCCCC(=O)OCCOCCOC(=O)CCC. The van der Waals surface area contributed by atoms with Gasteiger partial charge in [-0.15, -0.1) is 0 Å². The highest BCUT2D eigenvalue weighted by Crippen LogP contribution is 2.08. The van der Waals surface area contributed by atoms with Gasteiger partial charge in [0.1, 0.15) is 13.2 Å². The molecule has 0 rings (SSSR count). The molecular weight excluding hydrogens is 296 g/mol. The number of carbonyl (C=O) groups excluding carboxylic acids is 2. The lowest BCUT2D eigenvalue weighted by molar-refractivity contribution is -0.146. The van der Waals surface area contributed by atoms with Gasteiger partial charge in [0.15, 0.2) is 0 Å². The number of rotatable bonds is 16. The minimum atomic E-state index is -0.197. The predicted octanol–water partition coefficient (Wildman–Crippen LogP) is 4.03.